The standard InChI is InChI=1S/C13H14O4/c1-8(2)10-11(9-6-4-3-5-7-9)17-13(15)12(14)16-10/h3-8,10-11H,1-2H3/t10-,11+/m1/s1. The van der Waals surface area contributed by atoms with Crippen LogP contribution in [0.4, 0.5) is 0 Å². The number of ether oxygens (including phenoxy) is 2. The SMILES string of the molecule is CC(C)[C@H]1OC(=O)C(=O)O[C@H]1c1ccccc1. The summed E-state index contributed by atoms with van der Waals surface area (Å²) in [6.45, 7) is 3.85. The highest BCUT2D eigenvalue weighted by atomic mass is 16.6. The molecule has 0 radical (unpaired) electrons. The van der Waals surface area contributed by atoms with Crippen LogP contribution in [0.2, 0.25) is 0 Å². The van der Waals surface area contributed by atoms with Crippen LogP contribution in [-0.2, 0) is 19.1 Å². The number of benzene rings is 1. The molecule has 0 spiro atoms. The molecule has 1 saturated heterocycles. The van der Waals surface area contributed by atoms with Crippen molar-refractivity contribution >= 4 is 11.9 Å². The fourth-order valence-corrected chi connectivity index (χ4v) is 1.85. The van der Waals surface area contributed by atoms with Gasteiger partial charge in [0, 0.05) is 0 Å². The maximum atomic E-state index is 11.2. The Morgan fingerprint density at radius 2 is 1.59 bits per heavy atom. The Hall–Kier alpha value is -1.84. The molecule has 90 valence electrons. The van der Waals surface area contributed by atoms with Gasteiger partial charge in [0.1, 0.15) is 6.10 Å². The highest BCUT2D eigenvalue weighted by Crippen LogP contribution is 2.31. The van der Waals surface area contributed by atoms with Crippen molar-refractivity contribution in [2.24, 2.45) is 5.92 Å². The van der Waals surface area contributed by atoms with Crippen molar-refractivity contribution in [2.45, 2.75) is 26.1 Å². The van der Waals surface area contributed by atoms with Crippen LogP contribution in [0.3, 0.4) is 0 Å². The molecule has 2 atom stereocenters. The second kappa shape index (κ2) is 4.57. The highest BCUT2D eigenvalue weighted by Gasteiger charge is 2.40. The Balaban J connectivity index is 2.29. The summed E-state index contributed by atoms with van der Waals surface area (Å²) in [5.74, 6) is -1.75. The quantitative estimate of drug-likeness (QED) is 0.579. The second-order valence-electron chi connectivity index (χ2n) is 4.35. The first-order valence-electron chi connectivity index (χ1n) is 5.56. The van der Waals surface area contributed by atoms with Crippen LogP contribution in [0.15, 0.2) is 30.3 Å². The summed E-state index contributed by atoms with van der Waals surface area (Å²) in [5.41, 5.74) is 0.840. The number of carbonyl (C=O) groups excluding carboxylic acids is 2. The Morgan fingerprint density at radius 3 is 2.18 bits per heavy atom. The first-order chi connectivity index (χ1) is 8.09. The number of cyclic esters (lactones) is 2. The maximum absolute atomic E-state index is 11.2. The number of hydrogen-bond donors (Lipinski definition) is 0. The molecule has 0 N–H and O–H groups in total. The predicted molar refractivity (Wildman–Crippen MR) is 60.0 cm³/mol. The lowest BCUT2D eigenvalue weighted by molar-refractivity contribution is -0.199. The second-order valence-corrected chi connectivity index (χ2v) is 4.35. The van der Waals surface area contributed by atoms with Gasteiger partial charge in [-0.2, -0.15) is 0 Å². The van der Waals surface area contributed by atoms with Crippen LogP contribution in [0, 0.1) is 5.92 Å². The molecule has 1 aliphatic rings. The van der Waals surface area contributed by atoms with Crippen LogP contribution in [0.1, 0.15) is 25.5 Å². The molecular weight excluding hydrogens is 220 g/mol. The fourth-order valence-electron chi connectivity index (χ4n) is 1.85. The van der Waals surface area contributed by atoms with Gasteiger partial charge < -0.3 is 9.47 Å². The largest absolute Gasteiger partial charge is 0.449 e. The summed E-state index contributed by atoms with van der Waals surface area (Å²) in [7, 11) is 0. The average Bonchev–Trinajstić information content (AvgIpc) is 2.33. The summed E-state index contributed by atoms with van der Waals surface area (Å²) in [4.78, 5) is 22.4. The number of carbonyl (C=O) groups is 2. The molecular formula is C13H14O4. The smallest absolute Gasteiger partial charge is 0.418 e. The van der Waals surface area contributed by atoms with Gasteiger partial charge in [0.25, 0.3) is 0 Å². The third-order valence-electron chi connectivity index (χ3n) is 2.73. The summed E-state index contributed by atoms with van der Waals surface area (Å²) in [6, 6.07) is 9.30. The van der Waals surface area contributed by atoms with E-state index in [0.717, 1.165) is 5.56 Å². The third-order valence-corrected chi connectivity index (χ3v) is 2.73. The van der Waals surface area contributed by atoms with Gasteiger partial charge in [-0.3, -0.25) is 0 Å². The van der Waals surface area contributed by atoms with Crippen molar-refractivity contribution in [2.75, 3.05) is 0 Å². The van der Waals surface area contributed by atoms with Crippen molar-refractivity contribution < 1.29 is 19.1 Å². The van der Waals surface area contributed by atoms with E-state index in [1.807, 2.05) is 44.2 Å². The summed E-state index contributed by atoms with van der Waals surface area (Å²) >= 11 is 0. The van der Waals surface area contributed by atoms with Crippen molar-refractivity contribution in [3.63, 3.8) is 0 Å². The van der Waals surface area contributed by atoms with Gasteiger partial charge in [0.15, 0.2) is 6.10 Å². The van der Waals surface area contributed by atoms with Gasteiger partial charge in [0.2, 0.25) is 0 Å². The Bertz CT molecular complexity index is 424. The first-order valence-corrected chi connectivity index (χ1v) is 5.56. The highest BCUT2D eigenvalue weighted by molar-refractivity contribution is 6.30. The molecule has 17 heavy (non-hydrogen) atoms. The van der Waals surface area contributed by atoms with Crippen LogP contribution in [0.5, 0.6) is 0 Å². The molecule has 0 aromatic heterocycles. The molecule has 1 fully saturated rings. The number of esters is 2. The zero-order valence-corrected chi connectivity index (χ0v) is 9.75. The Labute approximate surface area is 99.5 Å². The molecule has 0 amide bonds. The van der Waals surface area contributed by atoms with E-state index in [-0.39, 0.29) is 5.92 Å². The van der Waals surface area contributed by atoms with Crippen molar-refractivity contribution in [3.8, 4) is 0 Å². The lowest BCUT2D eigenvalue weighted by Gasteiger charge is -2.33. The average molecular weight is 234 g/mol. The van der Waals surface area contributed by atoms with E-state index in [4.69, 9.17) is 9.47 Å². The third kappa shape index (κ3) is 2.30. The van der Waals surface area contributed by atoms with E-state index < -0.39 is 24.1 Å². The van der Waals surface area contributed by atoms with E-state index in [1.165, 1.54) is 0 Å². The number of rotatable bonds is 2. The van der Waals surface area contributed by atoms with Crippen LogP contribution in [-0.4, -0.2) is 18.0 Å². The van der Waals surface area contributed by atoms with E-state index >= 15 is 0 Å². The van der Waals surface area contributed by atoms with Crippen molar-refractivity contribution in [3.05, 3.63) is 35.9 Å². The van der Waals surface area contributed by atoms with Gasteiger partial charge in [-0.15, -0.1) is 0 Å². The zero-order chi connectivity index (χ0) is 12.4. The Kier molecular flexibility index (Phi) is 3.13. The lowest BCUT2D eigenvalue weighted by Crippen LogP contribution is -2.42. The maximum Gasteiger partial charge on any atom is 0.418 e. The van der Waals surface area contributed by atoms with Gasteiger partial charge in [-0.25, -0.2) is 9.59 Å². The van der Waals surface area contributed by atoms with Gasteiger partial charge in [-0.1, -0.05) is 44.2 Å². The molecule has 0 saturated carbocycles. The summed E-state index contributed by atoms with van der Waals surface area (Å²) in [5, 5.41) is 0. The molecule has 0 unspecified atom stereocenters. The van der Waals surface area contributed by atoms with E-state index in [2.05, 4.69) is 0 Å². The van der Waals surface area contributed by atoms with Crippen LogP contribution >= 0.6 is 0 Å². The van der Waals surface area contributed by atoms with Gasteiger partial charge in [-0.05, 0) is 11.5 Å². The molecule has 4 heteroatoms. The minimum Gasteiger partial charge on any atom is -0.449 e. The van der Waals surface area contributed by atoms with Crippen molar-refractivity contribution in [1.82, 2.24) is 0 Å². The fraction of sp³-hybridized carbons (Fsp3) is 0.385. The molecule has 2 rings (SSSR count). The first kappa shape index (κ1) is 11.6. The minimum atomic E-state index is -0.921. The predicted octanol–water partition coefficient (Wildman–Crippen LogP) is 1.85. The normalized spacial score (nSPS) is 24.4. The van der Waals surface area contributed by atoms with Gasteiger partial charge in [0.05, 0.1) is 0 Å². The molecule has 1 heterocycles. The molecule has 0 aliphatic carbocycles. The topological polar surface area (TPSA) is 52.6 Å². The molecule has 1 aromatic carbocycles. The lowest BCUT2D eigenvalue weighted by atomic mass is 9.95. The van der Waals surface area contributed by atoms with Gasteiger partial charge >= 0.3 is 11.9 Å². The van der Waals surface area contributed by atoms with E-state index in [9.17, 15) is 9.59 Å². The number of hydrogen-bond acceptors (Lipinski definition) is 4. The molecule has 4 nitrogen and oxygen atoms in total. The van der Waals surface area contributed by atoms with Crippen molar-refractivity contribution in [1.29, 1.82) is 0 Å². The minimum absolute atomic E-state index is 0.0808. The molecule has 1 aromatic rings. The van der Waals surface area contributed by atoms with E-state index in [1.54, 1.807) is 0 Å². The monoisotopic (exact) mass is 234 g/mol. The zero-order valence-electron chi connectivity index (χ0n) is 9.75. The summed E-state index contributed by atoms with van der Waals surface area (Å²) < 4.78 is 10.3. The molecule has 1 aliphatic heterocycles. The van der Waals surface area contributed by atoms with E-state index in [0.29, 0.717) is 0 Å². The molecule has 0 bridgehead atoms. The summed E-state index contributed by atoms with van der Waals surface area (Å²) in [6.07, 6.45) is -0.941. The van der Waals surface area contributed by atoms with Crippen LogP contribution in [0.25, 0.3) is 0 Å². The van der Waals surface area contributed by atoms with Crippen LogP contribution < -0.4 is 0 Å². The Morgan fingerprint density at radius 1 is 1.00 bits per heavy atom.